The predicted octanol–water partition coefficient (Wildman–Crippen LogP) is 3.16. The molecule has 1 unspecified atom stereocenters. The van der Waals surface area contributed by atoms with Crippen LogP contribution in [0.2, 0.25) is 0 Å². The summed E-state index contributed by atoms with van der Waals surface area (Å²) in [4.78, 5) is 19.3. The summed E-state index contributed by atoms with van der Waals surface area (Å²) in [6.45, 7) is 14.4. The highest BCUT2D eigenvalue weighted by atomic mass is 16.5. The average molecular weight is 497 g/mol. The molecule has 1 saturated heterocycles. The molecular formula is C29H44N4O3. The smallest absolute Gasteiger partial charge is 0.323 e. The van der Waals surface area contributed by atoms with Crippen LogP contribution in [0.25, 0.3) is 0 Å². The van der Waals surface area contributed by atoms with Gasteiger partial charge in [-0.2, -0.15) is 0 Å². The van der Waals surface area contributed by atoms with E-state index >= 15 is 0 Å². The molecule has 0 aromatic heterocycles. The number of hydrogen-bond donors (Lipinski definition) is 2. The maximum absolute atomic E-state index is 12.2. The topological polar surface area (TPSA) is 68.3 Å². The zero-order valence-corrected chi connectivity index (χ0v) is 22.2. The molecule has 0 amide bonds. The summed E-state index contributed by atoms with van der Waals surface area (Å²) in [5.74, 6) is -0.824. The minimum absolute atomic E-state index is 0.183. The van der Waals surface area contributed by atoms with Crippen molar-refractivity contribution < 1.29 is 14.6 Å². The second-order valence-corrected chi connectivity index (χ2v) is 10.6. The Balaban J connectivity index is 1.72. The van der Waals surface area contributed by atoms with Crippen LogP contribution >= 0.6 is 0 Å². The lowest BCUT2D eigenvalue weighted by Crippen LogP contribution is -2.51. The first kappa shape index (κ1) is 28.3. The summed E-state index contributed by atoms with van der Waals surface area (Å²) >= 11 is 0. The Labute approximate surface area is 217 Å². The second kappa shape index (κ2) is 14.4. The number of carbonyl (C=O) groups is 1. The van der Waals surface area contributed by atoms with E-state index in [1.807, 2.05) is 26.8 Å². The van der Waals surface area contributed by atoms with Gasteiger partial charge in [0.2, 0.25) is 0 Å². The van der Waals surface area contributed by atoms with Crippen molar-refractivity contribution in [1.82, 2.24) is 20.0 Å². The first-order valence-electron chi connectivity index (χ1n) is 13.1. The van der Waals surface area contributed by atoms with Crippen LogP contribution in [0.15, 0.2) is 60.7 Å². The van der Waals surface area contributed by atoms with Crippen molar-refractivity contribution in [3.63, 3.8) is 0 Å². The van der Waals surface area contributed by atoms with Crippen LogP contribution in [0.3, 0.4) is 0 Å². The standard InChI is InChI=1S/C29H44N4O3/c1-29(2,3)36-24-27(28(34)35)33-17-15-30-14-16-31(22-25-10-6-4-7-11-25)18-19-32(20-21-33)23-26-12-8-5-9-13-26/h4-13,27,30H,14-24H2,1-3H3,(H,34,35). The molecule has 1 aliphatic rings. The van der Waals surface area contributed by atoms with E-state index in [0.717, 1.165) is 52.4 Å². The van der Waals surface area contributed by atoms with Gasteiger partial charge in [-0.1, -0.05) is 60.7 Å². The molecule has 1 fully saturated rings. The number of nitrogens with one attached hydrogen (secondary N) is 1. The van der Waals surface area contributed by atoms with Crippen LogP contribution in [0.5, 0.6) is 0 Å². The van der Waals surface area contributed by atoms with Crippen LogP contribution in [0, 0.1) is 0 Å². The van der Waals surface area contributed by atoms with Crippen molar-refractivity contribution in [1.29, 1.82) is 0 Å². The summed E-state index contributed by atoms with van der Waals surface area (Å²) < 4.78 is 5.91. The Kier molecular flexibility index (Phi) is 11.4. The van der Waals surface area contributed by atoms with Crippen molar-refractivity contribution in [2.45, 2.75) is 45.5 Å². The largest absolute Gasteiger partial charge is 0.480 e. The summed E-state index contributed by atoms with van der Waals surface area (Å²) in [5.41, 5.74) is 2.23. The van der Waals surface area contributed by atoms with Crippen molar-refractivity contribution in [3.05, 3.63) is 71.8 Å². The molecule has 0 aliphatic carbocycles. The quantitative estimate of drug-likeness (QED) is 0.582. The van der Waals surface area contributed by atoms with E-state index in [9.17, 15) is 9.90 Å². The van der Waals surface area contributed by atoms with Crippen molar-refractivity contribution in [2.24, 2.45) is 0 Å². The molecule has 2 N–H and O–H groups in total. The number of ether oxygens (including phenoxy) is 1. The molecule has 36 heavy (non-hydrogen) atoms. The summed E-state index contributed by atoms with van der Waals surface area (Å²) in [5, 5.41) is 13.6. The van der Waals surface area contributed by atoms with Gasteiger partial charge >= 0.3 is 5.97 Å². The molecular weight excluding hydrogens is 452 g/mol. The van der Waals surface area contributed by atoms with Crippen LogP contribution < -0.4 is 5.32 Å². The van der Waals surface area contributed by atoms with Gasteiger partial charge in [0.25, 0.3) is 0 Å². The van der Waals surface area contributed by atoms with Gasteiger partial charge in [0.05, 0.1) is 12.2 Å². The normalized spacial score (nSPS) is 18.8. The monoisotopic (exact) mass is 496 g/mol. The lowest BCUT2D eigenvalue weighted by atomic mass is 10.1. The molecule has 7 nitrogen and oxygen atoms in total. The van der Waals surface area contributed by atoms with Gasteiger partial charge in [-0.3, -0.25) is 19.5 Å². The predicted molar refractivity (Wildman–Crippen MR) is 145 cm³/mol. The molecule has 0 bridgehead atoms. The van der Waals surface area contributed by atoms with Gasteiger partial charge in [0.15, 0.2) is 0 Å². The van der Waals surface area contributed by atoms with E-state index in [-0.39, 0.29) is 12.2 Å². The Morgan fingerprint density at radius 1 is 0.833 bits per heavy atom. The molecule has 1 atom stereocenters. The van der Waals surface area contributed by atoms with E-state index < -0.39 is 12.0 Å². The Morgan fingerprint density at radius 2 is 1.33 bits per heavy atom. The first-order chi connectivity index (χ1) is 17.3. The van der Waals surface area contributed by atoms with Gasteiger partial charge in [0.1, 0.15) is 6.04 Å². The number of carboxylic acids is 1. The number of nitrogens with zero attached hydrogens (tertiary/aromatic N) is 3. The minimum Gasteiger partial charge on any atom is -0.480 e. The number of benzene rings is 2. The van der Waals surface area contributed by atoms with E-state index in [1.165, 1.54) is 11.1 Å². The Bertz CT molecular complexity index is 888. The van der Waals surface area contributed by atoms with Gasteiger partial charge in [-0.05, 0) is 31.9 Å². The summed E-state index contributed by atoms with van der Waals surface area (Å²) in [6.07, 6.45) is 0. The molecule has 7 heteroatoms. The Hall–Kier alpha value is -2.29. The number of carboxylic acid groups (broad SMARTS) is 1. The molecule has 3 rings (SSSR count). The second-order valence-electron chi connectivity index (χ2n) is 10.6. The maximum Gasteiger partial charge on any atom is 0.323 e. The fourth-order valence-electron chi connectivity index (χ4n) is 4.45. The molecule has 1 aliphatic heterocycles. The van der Waals surface area contributed by atoms with Gasteiger partial charge < -0.3 is 15.2 Å². The van der Waals surface area contributed by atoms with E-state index in [1.54, 1.807) is 0 Å². The minimum atomic E-state index is -0.824. The van der Waals surface area contributed by atoms with Gasteiger partial charge in [-0.15, -0.1) is 0 Å². The lowest BCUT2D eigenvalue weighted by molar-refractivity contribution is -0.148. The highest BCUT2D eigenvalue weighted by Gasteiger charge is 2.28. The average Bonchev–Trinajstić information content (AvgIpc) is 2.84. The maximum atomic E-state index is 12.2. The molecule has 2 aromatic rings. The number of rotatable bonds is 8. The zero-order chi connectivity index (χ0) is 25.8. The molecule has 2 aromatic carbocycles. The summed E-state index contributed by atoms with van der Waals surface area (Å²) in [6, 6.07) is 20.5. The van der Waals surface area contributed by atoms with Crippen LogP contribution in [-0.2, 0) is 22.6 Å². The number of aliphatic carboxylic acids is 1. The van der Waals surface area contributed by atoms with Crippen molar-refractivity contribution in [3.8, 4) is 0 Å². The van der Waals surface area contributed by atoms with E-state index in [2.05, 4.69) is 74.6 Å². The Morgan fingerprint density at radius 3 is 1.86 bits per heavy atom. The van der Waals surface area contributed by atoms with Crippen molar-refractivity contribution in [2.75, 3.05) is 59.0 Å². The lowest BCUT2D eigenvalue weighted by Gasteiger charge is -2.35. The third-order valence-corrected chi connectivity index (χ3v) is 6.51. The SMILES string of the molecule is CC(C)(C)OCC(C(=O)O)N1CCNCCN(Cc2ccccc2)CCN(Cc2ccccc2)CC1. The van der Waals surface area contributed by atoms with Crippen LogP contribution in [0.1, 0.15) is 31.9 Å². The van der Waals surface area contributed by atoms with Crippen LogP contribution in [-0.4, -0.2) is 96.4 Å². The highest BCUT2D eigenvalue weighted by molar-refractivity contribution is 5.73. The molecule has 0 radical (unpaired) electrons. The summed E-state index contributed by atoms with van der Waals surface area (Å²) in [7, 11) is 0. The van der Waals surface area contributed by atoms with E-state index in [0.29, 0.717) is 13.1 Å². The molecule has 0 spiro atoms. The number of hydrogen-bond acceptors (Lipinski definition) is 6. The molecule has 0 saturated carbocycles. The fourth-order valence-corrected chi connectivity index (χ4v) is 4.45. The van der Waals surface area contributed by atoms with Crippen molar-refractivity contribution >= 4 is 5.97 Å². The van der Waals surface area contributed by atoms with Crippen LogP contribution in [0.4, 0.5) is 0 Å². The third-order valence-electron chi connectivity index (χ3n) is 6.51. The highest BCUT2D eigenvalue weighted by Crippen LogP contribution is 2.12. The zero-order valence-electron chi connectivity index (χ0n) is 22.2. The van der Waals surface area contributed by atoms with Gasteiger partial charge in [0, 0.05) is 65.4 Å². The molecule has 198 valence electrons. The third kappa shape index (κ3) is 10.4. The van der Waals surface area contributed by atoms with Gasteiger partial charge in [-0.25, -0.2) is 0 Å². The fraction of sp³-hybridized carbons (Fsp3) is 0.552. The first-order valence-corrected chi connectivity index (χ1v) is 13.1. The van der Waals surface area contributed by atoms with E-state index in [4.69, 9.17) is 4.74 Å². The molecule has 1 heterocycles.